The van der Waals surface area contributed by atoms with E-state index in [0.29, 0.717) is 0 Å². The van der Waals surface area contributed by atoms with Crippen LogP contribution < -0.4 is 15.5 Å². The minimum atomic E-state index is -0.313. The average molecular weight is 337 g/mol. The highest BCUT2D eigenvalue weighted by molar-refractivity contribution is 5.96. The van der Waals surface area contributed by atoms with Gasteiger partial charge in [-0.1, -0.05) is 29.8 Å². The third kappa shape index (κ3) is 4.53. The van der Waals surface area contributed by atoms with Crippen LogP contribution in [-0.4, -0.2) is 25.0 Å². The number of nitrogens with zero attached hydrogens (tertiary/aromatic N) is 1. The van der Waals surface area contributed by atoms with Gasteiger partial charge in [-0.05, 0) is 57.4 Å². The van der Waals surface area contributed by atoms with Crippen LogP contribution in [0.5, 0.6) is 0 Å². The molecule has 0 spiro atoms. The Hall–Kier alpha value is -2.49. The first-order valence-corrected chi connectivity index (χ1v) is 9.11. The number of para-hydroxylation sites is 2. The maximum atomic E-state index is 12.5. The summed E-state index contributed by atoms with van der Waals surface area (Å²) in [5, 5.41) is 6.36. The zero-order valence-electron chi connectivity index (χ0n) is 15.1. The zero-order chi connectivity index (χ0) is 17.6. The fraction of sp³-hybridized carbons (Fsp3) is 0.381. The van der Waals surface area contributed by atoms with E-state index < -0.39 is 0 Å². The van der Waals surface area contributed by atoms with Crippen molar-refractivity contribution in [1.29, 1.82) is 0 Å². The van der Waals surface area contributed by atoms with E-state index in [2.05, 4.69) is 33.7 Å². The molecule has 3 rings (SSSR count). The number of nitrogens with one attached hydrogen (secondary N) is 2. The first-order chi connectivity index (χ1) is 12.1. The number of aryl methyl sites for hydroxylation is 1. The zero-order valence-corrected chi connectivity index (χ0v) is 15.1. The number of carbonyl (C=O) groups is 1. The van der Waals surface area contributed by atoms with Crippen molar-refractivity contribution in [2.75, 3.05) is 28.6 Å². The lowest BCUT2D eigenvalue weighted by Gasteiger charge is -2.31. The summed E-state index contributed by atoms with van der Waals surface area (Å²) in [6, 6.07) is 15.8. The van der Waals surface area contributed by atoms with Gasteiger partial charge in [0, 0.05) is 18.8 Å². The average Bonchev–Trinajstić information content (AvgIpc) is 2.64. The molecule has 1 amide bonds. The van der Waals surface area contributed by atoms with Crippen LogP contribution in [0.3, 0.4) is 0 Å². The monoisotopic (exact) mass is 337 g/mol. The second-order valence-corrected chi connectivity index (χ2v) is 6.79. The number of benzene rings is 2. The van der Waals surface area contributed by atoms with Crippen LogP contribution in [0.15, 0.2) is 48.5 Å². The molecular formula is C21H27N3O. The molecule has 0 aliphatic carbocycles. The molecule has 1 aliphatic heterocycles. The lowest BCUT2D eigenvalue weighted by molar-refractivity contribution is -0.116. The first-order valence-electron chi connectivity index (χ1n) is 9.11. The summed E-state index contributed by atoms with van der Waals surface area (Å²) >= 11 is 0. The molecule has 1 atom stereocenters. The first kappa shape index (κ1) is 17.3. The second-order valence-electron chi connectivity index (χ2n) is 6.79. The largest absolute Gasteiger partial charge is 0.372 e. The Morgan fingerprint density at radius 3 is 2.40 bits per heavy atom. The predicted molar refractivity (Wildman–Crippen MR) is 105 cm³/mol. The second kappa shape index (κ2) is 8.06. The van der Waals surface area contributed by atoms with Gasteiger partial charge >= 0.3 is 0 Å². The van der Waals surface area contributed by atoms with E-state index in [-0.39, 0.29) is 11.9 Å². The maximum Gasteiger partial charge on any atom is 0.246 e. The number of anilines is 3. The van der Waals surface area contributed by atoms with Gasteiger partial charge in [-0.25, -0.2) is 0 Å². The van der Waals surface area contributed by atoms with Crippen molar-refractivity contribution in [1.82, 2.24) is 0 Å². The van der Waals surface area contributed by atoms with Crippen molar-refractivity contribution in [3.05, 3.63) is 54.1 Å². The van der Waals surface area contributed by atoms with Gasteiger partial charge in [-0.15, -0.1) is 0 Å². The van der Waals surface area contributed by atoms with Gasteiger partial charge < -0.3 is 15.5 Å². The Bertz CT molecular complexity index is 705. The van der Waals surface area contributed by atoms with Gasteiger partial charge in [0.25, 0.3) is 0 Å². The Labute approximate surface area is 150 Å². The van der Waals surface area contributed by atoms with Crippen molar-refractivity contribution in [2.45, 2.75) is 39.2 Å². The van der Waals surface area contributed by atoms with Crippen LogP contribution in [0.2, 0.25) is 0 Å². The molecule has 132 valence electrons. The van der Waals surface area contributed by atoms with Crippen LogP contribution in [0.4, 0.5) is 17.1 Å². The van der Waals surface area contributed by atoms with E-state index >= 15 is 0 Å². The molecule has 25 heavy (non-hydrogen) atoms. The number of amides is 1. The topological polar surface area (TPSA) is 44.4 Å². The summed E-state index contributed by atoms with van der Waals surface area (Å²) in [4.78, 5) is 14.9. The maximum absolute atomic E-state index is 12.5. The Morgan fingerprint density at radius 1 is 1.00 bits per heavy atom. The molecule has 0 saturated carbocycles. The number of carbonyl (C=O) groups excluding carboxylic acids is 1. The van der Waals surface area contributed by atoms with E-state index in [4.69, 9.17) is 0 Å². The van der Waals surface area contributed by atoms with Gasteiger partial charge in [0.05, 0.1) is 11.4 Å². The van der Waals surface area contributed by atoms with Crippen LogP contribution in [0.1, 0.15) is 31.7 Å². The third-order valence-electron chi connectivity index (χ3n) is 4.69. The van der Waals surface area contributed by atoms with Crippen molar-refractivity contribution < 1.29 is 4.79 Å². The molecule has 2 N–H and O–H groups in total. The fourth-order valence-electron chi connectivity index (χ4n) is 3.19. The van der Waals surface area contributed by atoms with Crippen LogP contribution in [0.25, 0.3) is 0 Å². The molecule has 1 heterocycles. The Kier molecular flexibility index (Phi) is 5.59. The molecular weight excluding hydrogens is 310 g/mol. The molecule has 1 fully saturated rings. The molecule has 0 aromatic heterocycles. The highest BCUT2D eigenvalue weighted by Gasteiger charge is 2.18. The van der Waals surface area contributed by atoms with E-state index in [1.807, 2.05) is 44.2 Å². The van der Waals surface area contributed by atoms with Crippen LogP contribution >= 0.6 is 0 Å². The number of hydrogen-bond donors (Lipinski definition) is 2. The van der Waals surface area contributed by atoms with Crippen molar-refractivity contribution >= 4 is 23.0 Å². The molecule has 4 nitrogen and oxygen atoms in total. The van der Waals surface area contributed by atoms with Gasteiger partial charge in [-0.3, -0.25) is 4.79 Å². The van der Waals surface area contributed by atoms with Gasteiger partial charge in [0.1, 0.15) is 6.04 Å². The minimum Gasteiger partial charge on any atom is -0.372 e. The quantitative estimate of drug-likeness (QED) is 0.848. The minimum absolute atomic E-state index is 0.0303. The van der Waals surface area contributed by atoms with Crippen molar-refractivity contribution in [2.24, 2.45) is 0 Å². The van der Waals surface area contributed by atoms with Gasteiger partial charge in [-0.2, -0.15) is 0 Å². The molecule has 0 radical (unpaired) electrons. The van der Waals surface area contributed by atoms with Crippen molar-refractivity contribution in [3.63, 3.8) is 0 Å². The molecule has 0 bridgehead atoms. The predicted octanol–water partition coefficient (Wildman–Crippen LogP) is 4.42. The Balaban J connectivity index is 1.66. The molecule has 0 unspecified atom stereocenters. The lowest BCUT2D eigenvalue weighted by Crippen LogP contribution is -2.34. The molecule has 4 heteroatoms. The number of piperidine rings is 1. The molecule has 2 aromatic carbocycles. The fourth-order valence-corrected chi connectivity index (χ4v) is 3.19. The van der Waals surface area contributed by atoms with E-state index in [1.54, 1.807) is 0 Å². The third-order valence-corrected chi connectivity index (χ3v) is 4.69. The van der Waals surface area contributed by atoms with E-state index in [0.717, 1.165) is 24.5 Å². The molecule has 1 aliphatic rings. The van der Waals surface area contributed by atoms with E-state index in [1.165, 1.54) is 30.5 Å². The summed E-state index contributed by atoms with van der Waals surface area (Å²) in [6.45, 7) is 6.11. The van der Waals surface area contributed by atoms with E-state index in [9.17, 15) is 4.79 Å². The number of rotatable bonds is 5. The molecule has 1 saturated heterocycles. The summed E-state index contributed by atoms with van der Waals surface area (Å²) < 4.78 is 0. The van der Waals surface area contributed by atoms with Gasteiger partial charge in [0.15, 0.2) is 0 Å². The standard InChI is InChI=1S/C21H27N3O/c1-16-10-12-18(13-11-16)23-21(25)17(2)22-19-8-4-5-9-20(19)24-14-6-3-7-15-24/h4-5,8-13,17,22H,3,6-7,14-15H2,1-2H3,(H,23,25)/t17-/m0/s1. The highest BCUT2D eigenvalue weighted by Crippen LogP contribution is 2.28. The van der Waals surface area contributed by atoms with Gasteiger partial charge in [0.2, 0.25) is 5.91 Å². The summed E-state index contributed by atoms with van der Waals surface area (Å²) in [7, 11) is 0. The lowest BCUT2D eigenvalue weighted by atomic mass is 10.1. The molecule has 2 aromatic rings. The normalized spacial score (nSPS) is 15.5. The SMILES string of the molecule is Cc1ccc(NC(=O)[C@H](C)Nc2ccccc2N2CCCCC2)cc1. The van der Waals surface area contributed by atoms with Crippen molar-refractivity contribution in [3.8, 4) is 0 Å². The summed E-state index contributed by atoms with van der Waals surface area (Å²) in [6.07, 6.45) is 3.77. The smallest absolute Gasteiger partial charge is 0.246 e. The van der Waals surface area contributed by atoms with Crippen LogP contribution in [-0.2, 0) is 4.79 Å². The number of hydrogen-bond acceptors (Lipinski definition) is 3. The highest BCUT2D eigenvalue weighted by atomic mass is 16.2. The summed E-state index contributed by atoms with van der Waals surface area (Å²) in [5.41, 5.74) is 4.22. The van der Waals surface area contributed by atoms with Crippen LogP contribution in [0, 0.1) is 6.92 Å². The summed E-state index contributed by atoms with van der Waals surface area (Å²) in [5.74, 6) is -0.0303. The Morgan fingerprint density at radius 2 is 1.68 bits per heavy atom.